The molecule has 144 valence electrons. The Morgan fingerprint density at radius 3 is 2.79 bits per heavy atom. The topological polar surface area (TPSA) is 115 Å². The van der Waals surface area contributed by atoms with Crippen LogP contribution in [0.1, 0.15) is 19.3 Å². The van der Waals surface area contributed by atoms with Gasteiger partial charge in [-0.25, -0.2) is 19.3 Å². The molecule has 10 heteroatoms. The van der Waals surface area contributed by atoms with Gasteiger partial charge >= 0.3 is 0 Å². The van der Waals surface area contributed by atoms with Gasteiger partial charge in [-0.15, -0.1) is 0 Å². The lowest BCUT2D eigenvalue weighted by Gasteiger charge is -2.11. The maximum Gasteiger partial charge on any atom is 0.231 e. The van der Waals surface area contributed by atoms with Crippen LogP contribution in [0.3, 0.4) is 0 Å². The fraction of sp³-hybridized carbons (Fsp3) is 0.389. The molecule has 1 amide bonds. The second-order valence-corrected chi connectivity index (χ2v) is 6.89. The summed E-state index contributed by atoms with van der Waals surface area (Å²) in [7, 11) is 1.52. The summed E-state index contributed by atoms with van der Waals surface area (Å²) in [4.78, 5) is 24.7. The van der Waals surface area contributed by atoms with Crippen molar-refractivity contribution >= 4 is 22.8 Å². The molecule has 2 fully saturated rings. The Bertz CT molecular complexity index is 1070. The standard InChI is InChI=1S/C18H17FN6O3/c1-27-17-13(18(21-7-20-17)28-8-2-3-8)14-9-4-5-12(22-15(9)25-24-14)23-16(26)10-6-11(10)19/h4-5,7-8,10-11H,2-3,6H2,1H3,(H2,22,23,24,25,26)/t10-,11+/m1/s1. The van der Waals surface area contributed by atoms with Crippen molar-refractivity contribution < 1.29 is 18.7 Å². The van der Waals surface area contributed by atoms with Crippen LogP contribution in [0, 0.1) is 5.92 Å². The highest BCUT2D eigenvalue weighted by molar-refractivity contribution is 5.97. The van der Waals surface area contributed by atoms with Gasteiger partial charge in [-0.05, 0) is 31.4 Å². The van der Waals surface area contributed by atoms with E-state index in [4.69, 9.17) is 9.47 Å². The summed E-state index contributed by atoms with van der Waals surface area (Å²) in [5.74, 6) is 0.138. The largest absolute Gasteiger partial charge is 0.480 e. The number of nitrogens with one attached hydrogen (secondary N) is 2. The zero-order valence-electron chi connectivity index (χ0n) is 15.0. The first kappa shape index (κ1) is 16.8. The van der Waals surface area contributed by atoms with Gasteiger partial charge in [0.05, 0.1) is 13.0 Å². The van der Waals surface area contributed by atoms with E-state index >= 15 is 0 Å². The number of hydrogen-bond donors (Lipinski definition) is 2. The number of carbonyl (C=O) groups is 1. The minimum Gasteiger partial charge on any atom is -0.480 e. The molecule has 0 saturated heterocycles. The zero-order valence-corrected chi connectivity index (χ0v) is 15.0. The number of aromatic nitrogens is 5. The third-order valence-corrected chi connectivity index (χ3v) is 4.74. The zero-order chi connectivity index (χ0) is 19.3. The number of anilines is 1. The van der Waals surface area contributed by atoms with E-state index in [2.05, 4.69) is 30.5 Å². The molecule has 0 aromatic carbocycles. The van der Waals surface area contributed by atoms with Crippen molar-refractivity contribution in [3.63, 3.8) is 0 Å². The number of pyridine rings is 1. The van der Waals surface area contributed by atoms with Gasteiger partial charge in [0.2, 0.25) is 17.7 Å². The second-order valence-electron chi connectivity index (χ2n) is 6.89. The number of alkyl halides is 1. The predicted molar refractivity (Wildman–Crippen MR) is 96.7 cm³/mol. The Balaban J connectivity index is 1.51. The molecule has 0 aliphatic heterocycles. The van der Waals surface area contributed by atoms with E-state index in [0.717, 1.165) is 12.8 Å². The first-order valence-corrected chi connectivity index (χ1v) is 9.00. The molecule has 3 aromatic heterocycles. The van der Waals surface area contributed by atoms with Gasteiger partial charge in [-0.2, -0.15) is 5.10 Å². The Hall–Kier alpha value is -3.30. The lowest BCUT2D eigenvalue weighted by molar-refractivity contribution is -0.117. The first-order valence-electron chi connectivity index (χ1n) is 9.00. The SMILES string of the molecule is COc1ncnc(OC2CC2)c1-c1n[nH]c2nc(NC(=O)[C@@H]3C[C@@H]3F)ccc12. The summed E-state index contributed by atoms with van der Waals surface area (Å²) in [6, 6.07) is 3.41. The highest BCUT2D eigenvalue weighted by Gasteiger charge is 2.43. The molecular formula is C18H17FN6O3. The molecule has 3 aromatic rings. The van der Waals surface area contributed by atoms with Crippen LogP contribution in [-0.4, -0.2) is 50.4 Å². The fourth-order valence-corrected chi connectivity index (χ4v) is 2.96. The number of rotatable bonds is 6. The van der Waals surface area contributed by atoms with E-state index in [9.17, 15) is 9.18 Å². The van der Waals surface area contributed by atoms with Crippen LogP contribution in [0.5, 0.6) is 11.8 Å². The van der Waals surface area contributed by atoms with Crippen molar-refractivity contribution in [3.8, 4) is 23.0 Å². The van der Waals surface area contributed by atoms with Gasteiger partial charge in [0, 0.05) is 5.39 Å². The van der Waals surface area contributed by atoms with Gasteiger partial charge in [0.1, 0.15) is 35.7 Å². The monoisotopic (exact) mass is 384 g/mol. The number of H-pyrrole nitrogens is 1. The maximum atomic E-state index is 13.0. The molecule has 2 aliphatic rings. The number of fused-ring (bicyclic) bond motifs is 1. The number of methoxy groups -OCH3 is 1. The third-order valence-electron chi connectivity index (χ3n) is 4.74. The van der Waals surface area contributed by atoms with E-state index in [1.165, 1.54) is 13.4 Å². The Kier molecular flexibility index (Phi) is 3.85. The van der Waals surface area contributed by atoms with E-state index in [0.29, 0.717) is 39.9 Å². The molecule has 0 radical (unpaired) electrons. The second kappa shape index (κ2) is 6.39. The van der Waals surface area contributed by atoms with Crippen molar-refractivity contribution in [2.45, 2.75) is 31.5 Å². The smallest absolute Gasteiger partial charge is 0.231 e. The number of carbonyl (C=O) groups excluding carboxylic acids is 1. The molecule has 0 spiro atoms. The van der Waals surface area contributed by atoms with Crippen LogP contribution in [0.2, 0.25) is 0 Å². The van der Waals surface area contributed by atoms with Gasteiger partial charge in [-0.1, -0.05) is 0 Å². The lowest BCUT2D eigenvalue weighted by Crippen LogP contribution is -2.15. The van der Waals surface area contributed by atoms with Crippen LogP contribution in [-0.2, 0) is 4.79 Å². The van der Waals surface area contributed by atoms with Gasteiger partial charge in [-0.3, -0.25) is 9.89 Å². The summed E-state index contributed by atoms with van der Waals surface area (Å²) in [5, 5.41) is 10.5. The summed E-state index contributed by atoms with van der Waals surface area (Å²) in [6.45, 7) is 0. The first-order chi connectivity index (χ1) is 13.6. The molecule has 2 N–H and O–H groups in total. The molecule has 2 atom stereocenters. The van der Waals surface area contributed by atoms with Crippen molar-refractivity contribution in [2.75, 3.05) is 12.4 Å². The molecule has 3 heterocycles. The molecule has 0 unspecified atom stereocenters. The molecule has 2 saturated carbocycles. The van der Waals surface area contributed by atoms with Crippen molar-refractivity contribution in [2.24, 2.45) is 5.92 Å². The average molecular weight is 384 g/mol. The van der Waals surface area contributed by atoms with Crippen LogP contribution in [0.25, 0.3) is 22.3 Å². The summed E-state index contributed by atoms with van der Waals surface area (Å²) in [5.41, 5.74) is 1.54. The summed E-state index contributed by atoms with van der Waals surface area (Å²) >= 11 is 0. The summed E-state index contributed by atoms with van der Waals surface area (Å²) in [6.07, 6.45) is 2.70. The number of nitrogens with zero attached hydrogens (tertiary/aromatic N) is 4. The van der Waals surface area contributed by atoms with Crippen molar-refractivity contribution in [3.05, 3.63) is 18.5 Å². The Labute approximate surface area is 158 Å². The fourth-order valence-electron chi connectivity index (χ4n) is 2.96. The Morgan fingerprint density at radius 1 is 1.29 bits per heavy atom. The quantitative estimate of drug-likeness (QED) is 0.670. The van der Waals surface area contributed by atoms with Crippen molar-refractivity contribution in [1.29, 1.82) is 0 Å². The molecule has 5 rings (SSSR count). The van der Waals surface area contributed by atoms with E-state index in [1.807, 2.05) is 0 Å². The van der Waals surface area contributed by atoms with Gasteiger partial charge in [0.15, 0.2) is 5.65 Å². The summed E-state index contributed by atoms with van der Waals surface area (Å²) < 4.78 is 24.3. The lowest BCUT2D eigenvalue weighted by atomic mass is 10.1. The third kappa shape index (κ3) is 3.00. The van der Waals surface area contributed by atoms with Gasteiger partial charge < -0.3 is 14.8 Å². The number of ether oxygens (including phenoxy) is 2. The molecule has 9 nitrogen and oxygen atoms in total. The normalized spacial score (nSPS) is 20.8. The molecule has 28 heavy (non-hydrogen) atoms. The van der Waals surface area contributed by atoms with Gasteiger partial charge in [0.25, 0.3) is 0 Å². The van der Waals surface area contributed by atoms with Crippen molar-refractivity contribution in [1.82, 2.24) is 25.1 Å². The number of amides is 1. The minimum absolute atomic E-state index is 0.144. The van der Waals surface area contributed by atoms with E-state index in [1.54, 1.807) is 12.1 Å². The minimum atomic E-state index is -1.06. The molecular weight excluding hydrogens is 367 g/mol. The van der Waals surface area contributed by atoms with Crippen LogP contribution >= 0.6 is 0 Å². The number of halogens is 1. The van der Waals surface area contributed by atoms with E-state index in [-0.39, 0.29) is 18.4 Å². The molecule has 2 aliphatic carbocycles. The Morgan fingerprint density at radius 2 is 2.07 bits per heavy atom. The van der Waals surface area contributed by atoms with Crippen LogP contribution in [0.15, 0.2) is 18.5 Å². The predicted octanol–water partition coefficient (Wildman–Crippen LogP) is 2.26. The van der Waals surface area contributed by atoms with Crippen LogP contribution < -0.4 is 14.8 Å². The average Bonchev–Trinajstić information content (AvgIpc) is 3.61. The highest BCUT2D eigenvalue weighted by Crippen LogP contribution is 2.40. The maximum absolute atomic E-state index is 13.0. The molecule has 0 bridgehead atoms. The highest BCUT2D eigenvalue weighted by atomic mass is 19.1. The number of hydrogen-bond acceptors (Lipinski definition) is 7. The number of aromatic amines is 1. The van der Waals surface area contributed by atoms with E-state index < -0.39 is 12.1 Å². The van der Waals surface area contributed by atoms with Crippen LogP contribution in [0.4, 0.5) is 10.2 Å².